The summed E-state index contributed by atoms with van der Waals surface area (Å²) in [7, 11) is 0. The maximum Gasteiger partial charge on any atom is 0.242 e. The summed E-state index contributed by atoms with van der Waals surface area (Å²) in [6, 6.07) is 1.89. The zero-order chi connectivity index (χ0) is 15.4. The highest BCUT2D eigenvalue weighted by Crippen LogP contribution is 2.18. The van der Waals surface area contributed by atoms with E-state index in [0.717, 1.165) is 38.2 Å². The van der Waals surface area contributed by atoms with Gasteiger partial charge in [0.1, 0.15) is 5.82 Å². The van der Waals surface area contributed by atoms with E-state index in [1.807, 2.05) is 17.7 Å². The predicted molar refractivity (Wildman–Crippen MR) is 82.1 cm³/mol. The number of hydrogen-bond acceptors (Lipinski definition) is 4. The summed E-state index contributed by atoms with van der Waals surface area (Å²) in [6.45, 7) is 7.62. The zero-order valence-corrected chi connectivity index (χ0v) is 13.1. The minimum atomic E-state index is -0.219. The molecule has 21 heavy (non-hydrogen) atoms. The molecule has 1 aliphatic rings. The van der Waals surface area contributed by atoms with E-state index in [2.05, 4.69) is 29.2 Å². The summed E-state index contributed by atoms with van der Waals surface area (Å²) in [6.07, 6.45) is 3.93. The Balaban J connectivity index is 1.96. The van der Waals surface area contributed by atoms with Crippen molar-refractivity contribution in [2.24, 2.45) is 0 Å². The van der Waals surface area contributed by atoms with Crippen molar-refractivity contribution in [1.82, 2.24) is 14.7 Å². The number of rotatable bonds is 5. The Bertz CT molecular complexity index is 466. The highest BCUT2D eigenvalue weighted by Gasteiger charge is 2.26. The fourth-order valence-corrected chi connectivity index (χ4v) is 2.61. The Hall–Kier alpha value is -1.40. The molecule has 1 saturated heterocycles. The first-order chi connectivity index (χ1) is 10.0. The van der Waals surface area contributed by atoms with Crippen LogP contribution in [-0.2, 0) is 4.79 Å². The molecule has 0 radical (unpaired) electrons. The summed E-state index contributed by atoms with van der Waals surface area (Å²) in [4.78, 5) is 14.5. The van der Waals surface area contributed by atoms with E-state index in [1.165, 1.54) is 0 Å². The quantitative estimate of drug-likeness (QED) is 0.866. The van der Waals surface area contributed by atoms with Crippen LogP contribution in [0, 0.1) is 0 Å². The summed E-state index contributed by atoms with van der Waals surface area (Å²) in [5.74, 6) is 0.731. The van der Waals surface area contributed by atoms with Crippen LogP contribution in [0.4, 0.5) is 5.82 Å². The Morgan fingerprint density at radius 2 is 2.14 bits per heavy atom. The van der Waals surface area contributed by atoms with E-state index in [0.29, 0.717) is 0 Å². The fraction of sp³-hybridized carbons (Fsp3) is 0.733. The maximum atomic E-state index is 12.4. The standard InChI is InChI=1S/C15H26N4O2/c1-4-11(2)19-14(5-8-16-19)17-15(21)12(3)18-9-6-13(20)7-10-18/h5,8,11-13,20H,4,6-7,9-10H2,1-3H3,(H,17,21)/t11-,12+/m1/s1. The van der Waals surface area contributed by atoms with E-state index in [1.54, 1.807) is 6.20 Å². The minimum Gasteiger partial charge on any atom is -0.393 e. The van der Waals surface area contributed by atoms with Crippen LogP contribution in [0.3, 0.4) is 0 Å². The molecular weight excluding hydrogens is 268 g/mol. The molecule has 6 heteroatoms. The van der Waals surface area contributed by atoms with E-state index in [-0.39, 0.29) is 24.1 Å². The van der Waals surface area contributed by atoms with E-state index in [4.69, 9.17) is 0 Å². The smallest absolute Gasteiger partial charge is 0.242 e. The van der Waals surface area contributed by atoms with Gasteiger partial charge < -0.3 is 10.4 Å². The third-order valence-corrected chi connectivity index (χ3v) is 4.36. The lowest BCUT2D eigenvalue weighted by Crippen LogP contribution is -2.47. The van der Waals surface area contributed by atoms with Gasteiger partial charge in [0.25, 0.3) is 0 Å². The van der Waals surface area contributed by atoms with Gasteiger partial charge in [-0.25, -0.2) is 4.68 Å². The number of aliphatic hydroxyl groups excluding tert-OH is 1. The molecule has 2 atom stereocenters. The van der Waals surface area contributed by atoms with E-state index < -0.39 is 0 Å². The molecule has 0 spiro atoms. The number of nitrogens with one attached hydrogen (secondary N) is 1. The number of piperidine rings is 1. The second-order valence-corrected chi connectivity index (χ2v) is 5.85. The molecule has 1 aromatic rings. The molecule has 1 fully saturated rings. The highest BCUT2D eigenvalue weighted by atomic mass is 16.3. The number of nitrogens with zero attached hydrogens (tertiary/aromatic N) is 3. The molecule has 2 heterocycles. The van der Waals surface area contributed by atoms with Gasteiger partial charge in [0.15, 0.2) is 0 Å². The predicted octanol–water partition coefficient (Wildman–Crippen LogP) is 1.64. The van der Waals surface area contributed by atoms with Gasteiger partial charge in [-0.15, -0.1) is 0 Å². The zero-order valence-electron chi connectivity index (χ0n) is 13.1. The second kappa shape index (κ2) is 7.04. The average Bonchev–Trinajstić information content (AvgIpc) is 2.94. The minimum absolute atomic E-state index is 0.0172. The number of carbonyl (C=O) groups is 1. The largest absolute Gasteiger partial charge is 0.393 e. The van der Waals surface area contributed by atoms with Gasteiger partial charge in [-0.05, 0) is 33.1 Å². The number of hydrogen-bond donors (Lipinski definition) is 2. The van der Waals surface area contributed by atoms with E-state index in [9.17, 15) is 9.90 Å². The molecule has 118 valence electrons. The van der Waals surface area contributed by atoms with Gasteiger partial charge in [0.05, 0.1) is 24.4 Å². The summed E-state index contributed by atoms with van der Waals surface area (Å²) >= 11 is 0. The molecule has 2 N–H and O–H groups in total. The molecule has 0 aliphatic carbocycles. The van der Waals surface area contributed by atoms with Crippen molar-refractivity contribution in [3.63, 3.8) is 0 Å². The Morgan fingerprint density at radius 1 is 1.48 bits per heavy atom. The molecule has 6 nitrogen and oxygen atoms in total. The van der Waals surface area contributed by atoms with Crippen LogP contribution < -0.4 is 5.32 Å². The van der Waals surface area contributed by atoms with Crippen LogP contribution in [0.2, 0.25) is 0 Å². The lowest BCUT2D eigenvalue weighted by Gasteiger charge is -2.33. The molecular formula is C15H26N4O2. The lowest BCUT2D eigenvalue weighted by molar-refractivity contribution is -0.121. The van der Waals surface area contributed by atoms with Crippen molar-refractivity contribution in [2.75, 3.05) is 18.4 Å². The Morgan fingerprint density at radius 3 is 2.76 bits per heavy atom. The molecule has 0 saturated carbocycles. The van der Waals surface area contributed by atoms with Crippen LogP contribution in [-0.4, -0.2) is 50.9 Å². The first-order valence-corrected chi connectivity index (χ1v) is 7.79. The molecule has 0 bridgehead atoms. The molecule has 0 aromatic carbocycles. The van der Waals surface area contributed by atoms with Crippen molar-refractivity contribution in [3.05, 3.63) is 12.3 Å². The van der Waals surface area contributed by atoms with Gasteiger partial charge in [-0.3, -0.25) is 9.69 Å². The summed E-state index contributed by atoms with van der Waals surface area (Å²) < 4.78 is 1.85. The second-order valence-electron chi connectivity index (χ2n) is 5.85. The van der Waals surface area contributed by atoms with Crippen LogP contribution in [0.15, 0.2) is 12.3 Å². The van der Waals surface area contributed by atoms with E-state index >= 15 is 0 Å². The maximum absolute atomic E-state index is 12.4. The first-order valence-electron chi connectivity index (χ1n) is 7.79. The highest BCUT2D eigenvalue weighted by molar-refractivity contribution is 5.93. The SMILES string of the molecule is CC[C@@H](C)n1nccc1NC(=O)[C@H](C)N1CCC(O)CC1. The first kappa shape index (κ1) is 16.0. The van der Waals surface area contributed by atoms with Gasteiger partial charge >= 0.3 is 0 Å². The Labute approximate surface area is 126 Å². The van der Waals surface area contributed by atoms with Crippen LogP contribution >= 0.6 is 0 Å². The normalized spacial score (nSPS) is 20.2. The summed E-state index contributed by atoms with van der Waals surface area (Å²) in [5, 5.41) is 16.8. The Kier molecular flexibility index (Phi) is 5.36. The summed E-state index contributed by atoms with van der Waals surface area (Å²) in [5.41, 5.74) is 0. The third-order valence-electron chi connectivity index (χ3n) is 4.36. The number of likely N-dealkylation sites (tertiary alicyclic amines) is 1. The van der Waals surface area contributed by atoms with Gasteiger partial charge in [-0.2, -0.15) is 5.10 Å². The third kappa shape index (κ3) is 3.83. The number of amides is 1. The molecule has 1 aromatic heterocycles. The van der Waals surface area contributed by atoms with Crippen LogP contribution in [0.25, 0.3) is 0 Å². The van der Waals surface area contributed by atoms with Crippen molar-refractivity contribution in [2.45, 2.75) is 58.2 Å². The monoisotopic (exact) mass is 294 g/mol. The van der Waals surface area contributed by atoms with Crippen molar-refractivity contribution < 1.29 is 9.90 Å². The number of aliphatic hydroxyl groups is 1. The number of anilines is 1. The topological polar surface area (TPSA) is 70.4 Å². The molecule has 2 rings (SSSR count). The van der Waals surface area contributed by atoms with Crippen LogP contribution in [0.1, 0.15) is 46.1 Å². The average molecular weight is 294 g/mol. The van der Waals surface area contributed by atoms with Crippen molar-refractivity contribution in [3.8, 4) is 0 Å². The lowest BCUT2D eigenvalue weighted by atomic mass is 10.1. The fourth-order valence-electron chi connectivity index (χ4n) is 2.61. The van der Waals surface area contributed by atoms with Crippen molar-refractivity contribution >= 4 is 11.7 Å². The molecule has 1 amide bonds. The number of aromatic nitrogens is 2. The van der Waals surface area contributed by atoms with Crippen LogP contribution in [0.5, 0.6) is 0 Å². The van der Waals surface area contributed by atoms with Gasteiger partial charge in [0, 0.05) is 19.2 Å². The molecule has 0 unspecified atom stereocenters. The van der Waals surface area contributed by atoms with Crippen molar-refractivity contribution in [1.29, 1.82) is 0 Å². The number of carbonyl (C=O) groups excluding carboxylic acids is 1. The molecule has 1 aliphatic heterocycles. The van der Waals surface area contributed by atoms with Gasteiger partial charge in [0.2, 0.25) is 5.91 Å². The van der Waals surface area contributed by atoms with Gasteiger partial charge in [-0.1, -0.05) is 6.92 Å².